The van der Waals surface area contributed by atoms with Crippen LogP contribution in [0.1, 0.15) is 63.7 Å². The van der Waals surface area contributed by atoms with Crippen LogP contribution in [0.3, 0.4) is 0 Å². The number of nitrogens with zero attached hydrogens (tertiary/aromatic N) is 1. The summed E-state index contributed by atoms with van der Waals surface area (Å²) in [7, 11) is 0. The van der Waals surface area contributed by atoms with Crippen molar-refractivity contribution in [1.29, 1.82) is 0 Å². The summed E-state index contributed by atoms with van der Waals surface area (Å²) in [6.07, 6.45) is 17.4. The van der Waals surface area contributed by atoms with Crippen LogP contribution in [-0.4, -0.2) is 15.9 Å². The molecule has 132 valence electrons. The van der Waals surface area contributed by atoms with E-state index in [0.29, 0.717) is 17.8 Å². The van der Waals surface area contributed by atoms with Crippen molar-refractivity contribution in [2.75, 3.05) is 0 Å². The van der Waals surface area contributed by atoms with Gasteiger partial charge in [0.05, 0.1) is 6.20 Å². The highest BCUT2D eigenvalue weighted by Gasteiger charge is 2.63. The molecular weight excluding hydrogens is 310 g/mol. The Morgan fingerprint density at radius 3 is 2.84 bits per heavy atom. The molecule has 0 bridgehead atoms. The molecule has 3 saturated carbocycles. The van der Waals surface area contributed by atoms with Crippen molar-refractivity contribution in [3.8, 4) is 12.3 Å². The standard InChI is InChI=1S/C22H27NO2/c1-4-22(24)10-8-18-16-6-5-15-11-19-14(13-23-25-19)12-20(15,2)17(16)7-9-21(18,22)3/h1,11,13,16-18,24H,5-10,12H2,2-3H3/t16-,17-,18+,20-,21-,22-/m0/s1. The Labute approximate surface area is 149 Å². The van der Waals surface area contributed by atoms with E-state index in [0.717, 1.165) is 44.3 Å². The zero-order valence-electron chi connectivity index (χ0n) is 15.2. The number of aliphatic hydroxyl groups is 1. The first kappa shape index (κ1) is 15.7. The van der Waals surface area contributed by atoms with E-state index in [2.05, 4.69) is 31.0 Å². The molecule has 3 nitrogen and oxygen atoms in total. The number of terminal acetylenes is 1. The minimum absolute atomic E-state index is 0.114. The summed E-state index contributed by atoms with van der Waals surface area (Å²) in [5, 5.41) is 15.1. The number of hydrogen-bond acceptors (Lipinski definition) is 3. The smallest absolute Gasteiger partial charge is 0.162 e. The molecule has 4 aliphatic rings. The van der Waals surface area contributed by atoms with Crippen LogP contribution in [0.25, 0.3) is 6.08 Å². The van der Waals surface area contributed by atoms with Crippen LogP contribution in [0.2, 0.25) is 0 Å². The monoisotopic (exact) mass is 337 g/mol. The maximum atomic E-state index is 11.1. The lowest BCUT2D eigenvalue weighted by atomic mass is 9.46. The Morgan fingerprint density at radius 1 is 1.24 bits per heavy atom. The maximum absolute atomic E-state index is 11.1. The maximum Gasteiger partial charge on any atom is 0.162 e. The zero-order chi connectivity index (χ0) is 17.4. The van der Waals surface area contributed by atoms with Gasteiger partial charge in [-0.15, -0.1) is 6.42 Å². The molecule has 1 aromatic heterocycles. The molecule has 1 heterocycles. The van der Waals surface area contributed by atoms with Crippen molar-refractivity contribution in [1.82, 2.24) is 5.16 Å². The predicted molar refractivity (Wildman–Crippen MR) is 96.4 cm³/mol. The van der Waals surface area contributed by atoms with Gasteiger partial charge in [-0.05, 0) is 74.2 Å². The third-order valence-corrected chi connectivity index (χ3v) is 8.67. The molecular formula is C22H27NO2. The second-order valence-electron chi connectivity index (χ2n) is 9.39. The van der Waals surface area contributed by atoms with Gasteiger partial charge >= 0.3 is 0 Å². The highest BCUT2D eigenvalue weighted by Crippen LogP contribution is 2.67. The van der Waals surface area contributed by atoms with Gasteiger partial charge in [0.15, 0.2) is 5.76 Å². The lowest BCUT2D eigenvalue weighted by molar-refractivity contribution is -0.0975. The van der Waals surface area contributed by atoms with Crippen LogP contribution in [0.4, 0.5) is 0 Å². The first-order chi connectivity index (χ1) is 11.9. The van der Waals surface area contributed by atoms with E-state index in [1.165, 1.54) is 12.0 Å². The van der Waals surface area contributed by atoms with Crippen LogP contribution in [-0.2, 0) is 6.42 Å². The van der Waals surface area contributed by atoms with Crippen molar-refractivity contribution < 1.29 is 9.63 Å². The number of aromatic nitrogens is 1. The fourth-order valence-electron chi connectivity index (χ4n) is 7.14. The molecule has 1 N–H and O–H groups in total. The van der Waals surface area contributed by atoms with Crippen molar-refractivity contribution in [2.45, 2.75) is 64.4 Å². The molecule has 3 heteroatoms. The SMILES string of the molecule is C#C[C@]1(O)CC[C@@H]2[C@H]3CCC4=Cc5oncc5C[C@]4(C)[C@H]3CC[C@@]21C. The summed E-state index contributed by atoms with van der Waals surface area (Å²) in [5.74, 6) is 5.64. The minimum Gasteiger partial charge on any atom is -0.377 e. The zero-order valence-corrected chi connectivity index (χ0v) is 15.2. The molecule has 1 aromatic rings. The topological polar surface area (TPSA) is 46.3 Å². The van der Waals surface area contributed by atoms with E-state index >= 15 is 0 Å². The van der Waals surface area contributed by atoms with Gasteiger partial charge in [-0.1, -0.05) is 30.5 Å². The highest BCUT2D eigenvalue weighted by atomic mass is 16.5. The molecule has 0 unspecified atom stereocenters. The average Bonchev–Trinajstić information content (AvgIpc) is 3.14. The Bertz CT molecular complexity index is 801. The Kier molecular flexibility index (Phi) is 3.01. The van der Waals surface area contributed by atoms with E-state index < -0.39 is 5.60 Å². The largest absolute Gasteiger partial charge is 0.377 e. The Morgan fingerprint density at radius 2 is 2.04 bits per heavy atom. The second kappa shape index (κ2) is 4.80. The van der Waals surface area contributed by atoms with E-state index in [-0.39, 0.29) is 10.8 Å². The van der Waals surface area contributed by atoms with Crippen molar-refractivity contribution in [3.63, 3.8) is 0 Å². The molecule has 0 radical (unpaired) electrons. The predicted octanol–water partition coefficient (Wildman–Crippen LogP) is 4.22. The molecule has 6 atom stereocenters. The third kappa shape index (κ3) is 1.79. The minimum atomic E-state index is -0.909. The van der Waals surface area contributed by atoms with Gasteiger partial charge in [0.2, 0.25) is 0 Å². The van der Waals surface area contributed by atoms with Gasteiger partial charge < -0.3 is 9.63 Å². The fraction of sp³-hybridized carbons (Fsp3) is 0.682. The van der Waals surface area contributed by atoms with Gasteiger partial charge in [-0.3, -0.25) is 0 Å². The number of allylic oxidation sites excluding steroid dienone is 1. The highest BCUT2D eigenvalue weighted by molar-refractivity contribution is 5.57. The van der Waals surface area contributed by atoms with Gasteiger partial charge in [0, 0.05) is 11.0 Å². The van der Waals surface area contributed by atoms with Crippen LogP contribution in [0, 0.1) is 40.9 Å². The van der Waals surface area contributed by atoms with Crippen LogP contribution < -0.4 is 0 Å². The lowest BCUT2D eigenvalue weighted by Gasteiger charge is -2.58. The molecule has 25 heavy (non-hydrogen) atoms. The molecule has 0 aliphatic heterocycles. The average molecular weight is 337 g/mol. The second-order valence-corrected chi connectivity index (χ2v) is 9.39. The fourth-order valence-corrected chi connectivity index (χ4v) is 7.14. The van der Waals surface area contributed by atoms with E-state index in [9.17, 15) is 5.11 Å². The number of hydrogen-bond donors (Lipinski definition) is 1. The molecule has 0 saturated heterocycles. The van der Waals surface area contributed by atoms with Crippen molar-refractivity contribution in [2.24, 2.45) is 28.6 Å². The number of rotatable bonds is 0. The molecule has 5 rings (SSSR count). The van der Waals surface area contributed by atoms with Gasteiger partial charge in [0.25, 0.3) is 0 Å². The Balaban J connectivity index is 1.53. The van der Waals surface area contributed by atoms with Gasteiger partial charge in [-0.2, -0.15) is 0 Å². The number of fused-ring (bicyclic) bond motifs is 6. The van der Waals surface area contributed by atoms with Crippen LogP contribution in [0.15, 0.2) is 16.3 Å². The first-order valence-corrected chi connectivity index (χ1v) is 9.76. The third-order valence-electron chi connectivity index (χ3n) is 8.67. The summed E-state index contributed by atoms with van der Waals surface area (Å²) in [4.78, 5) is 0. The van der Waals surface area contributed by atoms with E-state index in [4.69, 9.17) is 10.9 Å². The summed E-state index contributed by atoms with van der Waals surface area (Å²) in [5.41, 5.74) is 1.99. The summed E-state index contributed by atoms with van der Waals surface area (Å²) in [6, 6.07) is 0. The molecule has 0 spiro atoms. The quantitative estimate of drug-likeness (QED) is 0.721. The Hall–Kier alpha value is -1.53. The molecule has 4 aliphatic carbocycles. The first-order valence-electron chi connectivity index (χ1n) is 9.76. The van der Waals surface area contributed by atoms with E-state index in [1.54, 1.807) is 5.57 Å². The van der Waals surface area contributed by atoms with Gasteiger partial charge in [-0.25, -0.2) is 0 Å². The summed E-state index contributed by atoms with van der Waals surface area (Å²) < 4.78 is 5.43. The molecule has 3 fully saturated rings. The lowest BCUT2D eigenvalue weighted by Crippen LogP contribution is -2.54. The van der Waals surface area contributed by atoms with Gasteiger partial charge in [0.1, 0.15) is 5.60 Å². The molecule has 0 aromatic carbocycles. The van der Waals surface area contributed by atoms with Crippen LogP contribution in [0.5, 0.6) is 0 Å². The van der Waals surface area contributed by atoms with E-state index in [1.807, 2.05) is 6.20 Å². The molecule has 0 amide bonds. The summed E-state index contributed by atoms with van der Waals surface area (Å²) >= 11 is 0. The van der Waals surface area contributed by atoms with Crippen LogP contribution >= 0.6 is 0 Å². The van der Waals surface area contributed by atoms with Crippen molar-refractivity contribution >= 4 is 6.08 Å². The van der Waals surface area contributed by atoms with Crippen molar-refractivity contribution in [3.05, 3.63) is 23.1 Å². The summed E-state index contributed by atoms with van der Waals surface area (Å²) in [6.45, 7) is 4.71. The normalized spacial score (nSPS) is 47.8.